The van der Waals surface area contributed by atoms with E-state index in [9.17, 15) is 9.59 Å². The number of ether oxygens (including phenoxy) is 2. The maximum Gasteiger partial charge on any atom is 0.407 e. The molecule has 1 aliphatic heterocycles. The van der Waals surface area contributed by atoms with Crippen LogP contribution in [0.1, 0.15) is 24.1 Å². The maximum atomic E-state index is 12.4. The Morgan fingerprint density at radius 2 is 2.00 bits per heavy atom. The maximum absolute atomic E-state index is 12.4. The predicted molar refractivity (Wildman–Crippen MR) is 102 cm³/mol. The van der Waals surface area contributed by atoms with E-state index in [1.165, 1.54) is 0 Å². The van der Waals surface area contributed by atoms with Crippen molar-refractivity contribution in [3.8, 4) is 5.88 Å². The van der Waals surface area contributed by atoms with Crippen molar-refractivity contribution in [3.63, 3.8) is 0 Å². The van der Waals surface area contributed by atoms with Crippen molar-refractivity contribution in [1.82, 2.24) is 20.4 Å². The fourth-order valence-electron chi connectivity index (χ4n) is 2.91. The molecular weight excluding hydrogens is 360 g/mol. The van der Waals surface area contributed by atoms with Gasteiger partial charge in [0.25, 0.3) is 0 Å². The van der Waals surface area contributed by atoms with E-state index in [0.29, 0.717) is 19.0 Å². The third-order valence-corrected chi connectivity index (χ3v) is 4.39. The summed E-state index contributed by atoms with van der Waals surface area (Å²) in [6.07, 6.45) is 0.914. The summed E-state index contributed by atoms with van der Waals surface area (Å²) in [4.78, 5) is 25.9. The van der Waals surface area contributed by atoms with E-state index in [1.807, 2.05) is 43.3 Å². The summed E-state index contributed by atoms with van der Waals surface area (Å²) in [6, 6.07) is 13.0. The van der Waals surface area contributed by atoms with Gasteiger partial charge in [-0.25, -0.2) is 4.79 Å². The zero-order valence-corrected chi connectivity index (χ0v) is 15.8. The van der Waals surface area contributed by atoms with Crippen LogP contribution in [-0.2, 0) is 16.1 Å². The van der Waals surface area contributed by atoms with Crippen LogP contribution in [0.25, 0.3) is 0 Å². The largest absolute Gasteiger partial charge is 0.471 e. The number of aromatic nitrogens is 2. The highest BCUT2D eigenvalue weighted by atomic mass is 16.5. The topological polar surface area (TPSA) is 93.7 Å². The first-order valence-electron chi connectivity index (χ1n) is 9.29. The first-order chi connectivity index (χ1) is 13.6. The minimum atomic E-state index is -0.614. The molecule has 28 heavy (non-hydrogen) atoms. The summed E-state index contributed by atoms with van der Waals surface area (Å²) in [5.41, 5.74) is 1.71. The van der Waals surface area contributed by atoms with Crippen molar-refractivity contribution in [3.05, 3.63) is 53.7 Å². The summed E-state index contributed by atoms with van der Waals surface area (Å²) >= 11 is 0. The van der Waals surface area contributed by atoms with E-state index in [1.54, 1.807) is 11.0 Å². The van der Waals surface area contributed by atoms with Crippen molar-refractivity contribution in [2.45, 2.75) is 32.5 Å². The second-order valence-electron chi connectivity index (χ2n) is 6.65. The lowest BCUT2D eigenvalue weighted by Gasteiger charge is -2.32. The second-order valence-corrected chi connectivity index (χ2v) is 6.65. The molecule has 1 saturated heterocycles. The molecule has 1 N–H and O–H groups in total. The number of carbonyl (C=O) groups excluding carboxylic acids is 2. The third-order valence-electron chi connectivity index (χ3n) is 4.39. The van der Waals surface area contributed by atoms with Gasteiger partial charge in [-0.15, -0.1) is 5.10 Å². The molecule has 1 atom stereocenters. The zero-order valence-electron chi connectivity index (χ0n) is 15.8. The third kappa shape index (κ3) is 5.94. The van der Waals surface area contributed by atoms with Gasteiger partial charge in [0.05, 0.1) is 12.2 Å². The fourth-order valence-corrected chi connectivity index (χ4v) is 2.91. The number of benzene rings is 1. The number of alkyl carbamates (subject to hydrolysis) is 1. The summed E-state index contributed by atoms with van der Waals surface area (Å²) in [6.45, 7) is 3.01. The van der Waals surface area contributed by atoms with Gasteiger partial charge >= 0.3 is 6.09 Å². The molecule has 1 unspecified atom stereocenters. The van der Waals surface area contributed by atoms with Crippen molar-refractivity contribution >= 4 is 12.0 Å². The number of carbonyl (C=O) groups is 2. The normalized spacial score (nSPS) is 16.3. The molecule has 1 fully saturated rings. The lowest BCUT2D eigenvalue weighted by atomic mass is 10.1. The Hall–Kier alpha value is -3.16. The molecule has 148 valence electrons. The van der Waals surface area contributed by atoms with Gasteiger partial charge in [-0.3, -0.25) is 4.79 Å². The molecule has 0 radical (unpaired) electrons. The van der Waals surface area contributed by atoms with Gasteiger partial charge < -0.3 is 19.7 Å². The lowest BCUT2D eigenvalue weighted by molar-refractivity contribution is -0.132. The van der Waals surface area contributed by atoms with E-state index >= 15 is 0 Å². The van der Waals surface area contributed by atoms with Crippen LogP contribution >= 0.6 is 0 Å². The number of nitrogens with zero attached hydrogens (tertiary/aromatic N) is 3. The van der Waals surface area contributed by atoms with Crippen molar-refractivity contribution in [2.24, 2.45) is 0 Å². The minimum absolute atomic E-state index is 0.106. The molecule has 0 aliphatic carbocycles. The van der Waals surface area contributed by atoms with Crippen LogP contribution < -0.4 is 10.1 Å². The van der Waals surface area contributed by atoms with Crippen LogP contribution in [-0.4, -0.2) is 52.8 Å². The molecule has 0 spiro atoms. The van der Waals surface area contributed by atoms with Crippen molar-refractivity contribution in [1.29, 1.82) is 0 Å². The smallest absolute Gasteiger partial charge is 0.407 e. The first kappa shape index (κ1) is 19.6. The molecule has 0 bridgehead atoms. The molecular formula is C20H24N4O4. The SMILES string of the molecule is Cc1ccc(OC2CCCN(C(=O)CNC(=O)OCc3ccccc3)C2)nn1. The molecule has 1 aromatic carbocycles. The van der Waals surface area contributed by atoms with Crippen molar-refractivity contribution in [2.75, 3.05) is 19.6 Å². The van der Waals surface area contributed by atoms with Crippen LogP contribution in [0.2, 0.25) is 0 Å². The highest BCUT2D eigenvalue weighted by molar-refractivity contribution is 5.82. The number of rotatable bonds is 6. The Balaban J connectivity index is 1.40. The van der Waals surface area contributed by atoms with Crippen LogP contribution in [0.3, 0.4) is 0 Å². The van der Waals surface area contributed by atoms with Gasteiger partial charge in [-0.1, -0.05) is 30.3 Å². The van der Waals surface area contributed by atoms with Crippen LogP contribution in [0.4, 0.5) is 4.79 Å². The van der Waals surface area contributed by atoms with E-state index < -0.39 is 6.09 Å². The zero-order chi connectivity index (χ0) is 19.8. The molecule has 0 saturated carbocycles. The molecule has 1 aromatic heterocycles. The monoisotopic (exact) mass is 384 g/mol. The van der Waals surface area contributed by atoms with Gasteiger partial charge in [0.15, 0.2) is 0 Å². The number of hydrogen-bond donors (Lipinski definition) is 1. The molecule has 2 aromatic rings. The van der Waals surface area contributed by atoms with Gasteiger partial charge in [0.2, 0.25) is 11.8 Å². The van der Waals surface area contributed by atoms with Crippen molar-refractivity contribution < 1.29 is 19.1 Å². The Bertz CT molecular complexity index is 783. The highest BCUT2D eigenvalue weighted by Crippen LogP contribution is 2.16. The van der Waals surface area contributed by atoms with Gasteiger partial charge in [-0.05, 0) is 31.4 Å². The number of piperidine rings is 1. The van der Waals surface area contributed by atoms with Gasteiger partial charge in [0.1, 0.15) is 19.3 Å². The number of amides is 2. The fraction of sp³-hybridized carbons (Fsp3) is 0.400. The minimum Gasteiger partial charge on any atom is -0.471 e. The number of nitrogens with one attached hydrogen (secondary N) is 1. The first-order valence-corrected chi connectivity index (χ1v) is 9.29. The Kier molecular flexibility index (Phi) is 6.78. The van der Waals surface area contributed by atoms with Gasteiger partial charge in [-0.2, -0.15) is 5.10 Å². The quantitative estimate of drug-likeness (QED) is 0.820. The average molecular weight is 384 g/mol. The summed E-state index contributed by atoms with van der Waals surface area (Å²) in [7, 11) is 0. The summed E-state index contributed by atoms with van der Waals surface area (Å²) in [5, 5.41) is 10.5. The van der Waals surface area contributed by atoms with Crippen LogP contribution in [0, 0.1) is 6.92 Å². The van der Waals surface area contributed by atoms with Crippen LogP contribution in [0.5, 0.6) is 5.88 Å². The lowest BCUT2D eigenvalue weighted by Crippen LogP contribution is -2.48. The number of hydrogen-bond acceptors (Lipinski definition) is 6. The average Bonchev–Trinajstić information content (AvgIpc) is 2.73. The molecule has 3 rings (SSSR count). The second kappa shape index (κ2) is 9.68. The summed E-state index contributed by atoms with van der Waals surface area (Å²) in [5.74, 6) is 0.285. The Morgan fingerprint density at radius 3 is 2.75 bits per heavy atom. The van der Waals surface area contributed by atoms with E-state index in [-0.39, 0.29) is 25.2 Å². The molecule has 2 amide bonds. The summed E-state index contributed by atoms with van der Waals surface area (Å²) < 4.78 is 10.9. The highest BCUT2D eigenvalue weighted by Gasteiger charge is 2.25. The molecule has 2 heterocycles. The van der Waals surface area contributed by atoms with E-state index in [4.69, 9.17) is 9.47 Å². The van der Waals surface area contributed by atoms with Gasteiger partial charge in [0, 0.05) is 12.6 Å². The van der Waals surface area contributed by atoms with Crippen LogP contribution in [0.15, 0.2) is 42.5 Å². The predicted octanol–water partition coefficient (Wildman–Crippen LogP) is 2.08. The number of aryl methyl sites for hydroxylation is 1. The standard InChI is InChI=1S/C20H24N4O4/c1-15-9-10-18(23-22-15)28-17-8-5-11-24(13-17)19(25)12-21-20(26)27-14-16-6-3-2-4-7-16/h2-4,6-7,9-10,17H,5,8,11-14H2,1H3,(H,21,26). The van der Waals surface area contributed by atoms with E-state index in [0.717, 1.165) is 24.1 Å². The van der Waals surface area contributed by atoms with E-state index in [2.05, 4.69) is 15.5 Å². The molecule has 1 aliphatic rings. The molecule has 8 heteroatoms. The molecule has 8 nitrogen and oxygen atoms in total. The number of likely N-dealkylation sites (tertiary alicyclic amines) is 1. The Morgan fingerprint density at radius 1 is 1.18 bits per heavy atom. The Labute approximate surface area is 163 Å².